The molecule has 0 bridgehead atoms. The van der Waals surface area contributed by atoms with Crippen LogP contribution in [0.3, 0.4) is 0 Å². The van der Waals surface area contributed by atoms with Crippen LogP contribution in [0, 0.1) is 13.8 Å². The molecule has 0 saturated heterocycles. The fourth-order valence-electron chi connectivity index (χ4n) is 4.13. The summed E-state index contributed by atoms with van der Waals surface area (Å²) in [5.41, 5.74) is 10.5. The van der Waals surface area contributed by atoms with Crippen LogP contribution < -0.4 is 5.73 Å². The molecule has 0 aromatic heterocycles. The molecule has 0 radical (unpaired) electrons. The van der Waals surface area contributed by atoms with Gasteiger partial charge in [0.1, 0.15) is 0 Å². The molecule has 0 fully saturated rings. The molecule has 0 spiro atoms. The molecule has 3 N–H and O–H groups in total. The summed E-state index contributed by atoms with van der Waals surface area (Å²) in [6.45, 7) is 4.72. The molecule has 0 atom stereocenters. The van der Waals surface area contributed by atoms with E-state index >= 15 is 0 Å². The Morgan fingerprint density at radius 2 is 1.06 bits per heavy atom. The Morgan fingerprint density at radius 1 is 0.667 bits per heavy atom. The third kappa shape index (κ3) is 12.6. The third-order valence-electron chi connectivity index (χ3n) is 6.47. The Bertz CT molecular complexity index is 1710. The van der Waals surface area contributed by atoms with Crippen molar-refractivity contribution in [1.29, 1.82) is 0 Å². The molecule has 0 aliphatic rings. The highest BCUT2D eigenvalue weighted by Crippen LogP contribution is 2.29. The molecule has 48 heavy (non-hydrogen) atoms. The van der Waals surface area contributed by atoms with Gasteiger partial charge in [0.2, 0.25) is 0 Å². The van der Waals surface area contributed by atoms with E-state index in [9.17, 15) is 19.2 Å². The largest absolute Gasteiger partial charge is 0.478 e. The summed E-state index contributed by atoms with van der Waals surface area (Å²) < 4.78 is 9.07. The van der Waals surface area contributed by atoms with E-state index in [1.165, 1.54) is 37.5 Å². The van der Waals surface area contributed by atoms with Crippen molar-refractivity contribution in [1.82, 2.24) is 0 Å². The SMILES string of the molecule is C.COC(=O)c1c(Cl)cc(C(=O)CCc2cccc(C)c2)cc1Cl.COC(=O)c1c(Cl)cc(C(=O)O)cc1Cl.Cc1cccc(CN)c1. The second-order valence-electron chi connectivity index (χ2n) is 10.0. The van der Waals surface area contributed by atoms with E-state index in [1.807, 2.05) is 43.3 Å². The van der Waals surface area contributed by atoms with Gasteiger partial charge in [0.05, 0.1) is 51.0 Å². The molecule has 4 rings (SSSR count). The fraction of sp³-hybridized carbons (Fsp3) is 0.222. The number of aryl methyl sites for hydroxylation is 3. The van der Waals surface area contributed by atoms with Crippen molar-refractivity contribution in [2.45, 2.75) is 40.7 Å². The number of Topliss-reactive ketones (excluding diaryl/α,β-unsaturated/α-hetero) is 1. The smallest absolute Gasteiger partial charge is 0.340 e. The van der Waals surface area contributed by atoms with Gasteiger partial charge in [-0.1, -0.05) is 113 Å². The van der Waals surface area contributed by atoms with Crippen LogP contribution in [0.25, 0.3) is 0 Å². The molecular weight excluding hydrogens is 700 g/mol. The monoisotopic (exact) mass is 735 g/mol. The lowest BCUT2D eigenvalue weighted by Crippen LogP contribution is -2.07. The number of nitrogens with two attached hydrogens (primary N) is 1. The number of methoxy groups -OCH3 is 2. The lowest BCUT2D eigenvalue weighted by atomic mass is 10.0. The fourth-order valence-corrected chi connectivity index (χ4v) is 5.42. The summed E-state index contributed by atoms with van der Waals surface area (Å²) in [6, 6.07) is 21.4. The third-order valence-corrected chi connectivity index (χ3v) is 7.67. The number of benzene rings is 4. The number of carbonyl (C=O) groups is 4. The van der Waals surface area contributed by atoms with Gasteiger partial charge in [0.15, 0.2) is 5.78 Å². The summed E-state index contributed by atoms with van der Waals surface area (Å²) in [7, 11) is 2.43. The van der Waals surface area contributed by atoms with Crippen LogP contribution >= 0.6 is 46.4 Å². The van der Waals surface area contributed by atoms with Crippen LogP contribution in [0.2, 0.25) is 20.1 Å². The topological polar surface area (TPSA) is 133 Å². The normalized spacial score (nSPS) is 9.85. The molecule has 0 amide bonds. The van der Waals surface area contributed by atoms with Crippen molar-refractivity contribution in [3.63, 3.8) is 0 Å². The molecule has 0 aliphatic heterocycles. The van der Waals surface area contributed by atoms with Gasteiger partial charge in [-0.05, 0) is 55.7 Å². The highest BCUT2D eigenvalue weighted by atomic mass is 35.5. The van der Waals surface area contributed by atoms with Gasteiger partial charge in [0, 0.05) is 18.5 Å². The number of ketones is 1. The maximum atomic E-state index is 12.3. The van der Waals surface area contributed by atoms with Gasteiger partial charge < -0.3 is 20.3 Å². The summed E-state index contributed by atoms with van der Waals surface area (Å²) in [4.78, 5) is 45.7. The second kappa shape index (κ2) is 20.4. The van der Waals surface area contributed by atoms with E-state index in [4.69, 9.17) is 57.2 Å². The molecule has 0 unspecified atom stereocenters. The number of hydrogen-bond donors (Lipinski definition) is 2. The number of aromatic carboxylic acids is 1. The first-order valence-corrected chi connectivity index (χ1v) is 15.5. The molecule has 8 nitrogen and oxygen atoms in total. The first kappa shape index (κ1) is 42.1. The average molecular weight is 738 g/mol. The van der Waals surface area contributed by atoms with Crippen molar-refractivity contribution in [3.05, 3.63) is 137 Å². The molecular formula is C36H37Cl4NO7. The van der Waals surface area contributed by atoms with Crippen LogP contribution in [0.1, 0.15) is 77.5 Å². The Labute approximate surface area is 300 Å². The van der Waals surface area contributed by atoms with E-state index in [0.717, 1.165) is 23.3 Å². The zero-order chi connectivity index (χ0) is 35.3. The van der Waals surface area contributed by atoms with E-state index in [1.54, 1.807) is 0 Å². The van der Waals surface area contributed by atoms with Crippen molar-refractivity contribution in [2.24, 2.45) is 5.73 Å². The number of carboxylic acid groups (broad SMARTS) is 1. The van der Waals surface area contributed by atoms with Gasteiger partial charge in [0.25, 0.3) is 0 Å². The minimum Gasteiger partial charge on any atom is -0.478 e. The average Bonchev–Trinajstić information content (AvgIpc) is 3.03. The first-order valence-electron chi connectivity index (χ1n) is 13.9. The van der Waals surface area contributed by atoms with Gasteiger partial charge in [-0.2, -0.15) is 0 Å². The quantitative estimate of drug-likeness (QED) is 0.135. The zero-order valence-corrected chi connectivity index (χ0v) is 29.1. The number of carboxylic acids is 1. The van der Waals surface area contributed by atoms with Gasteiger partial charge in [-0.25, -0.2) is 14.4 Å². The van der Waals surface area contributed by atoms with E-state index in [-0.39, 0.29) is 50.0 Å². The standard InChI is InChI=1S/C18H16Cl2O3.C9H6Cl2O4.C8H11N.CH4/c1-11-4-3-5-12(8-11)6-7-16(21)13-9-14(19)17(15(20)10-13)18(22)23-2;1-15-9(14)7-5(10)2-4(8(12)13)3-6(7)11;1-7-3-2-4-8(5-7)6-9;/h3-5,8-10H,6-7H2,1-2H3;2-3H,1H3,(H,12,13);2-5H,6,9H2,1H3;1H4. The van der Waals surface area contributed by atoms with Crippen LogP contribution in [-0.4, -0.2) is 43.0 Å². The number of carbonyl (C=O) groups excluding carboxylic acids is 3. The summed E-state index contributed by atoms with van der Waals surface area (Å²) in [6.07, 6.45) is 0.974. The van der Waals surface area contributed by atoms with Crippen LogP contribution in [0.15, 0.2) is 72.8 Å². The van der Waals surface area contributed by atoms with E-state index in [0.29, 0.717) is 24.9 Å². The van der Waals surface area contributed by atoms with Crippen LogP contribution in [-0.2, 0) is 22.4 Å². The predicted octanol–water partition coefficient (Wildman–Crippen LogP) is 9.47. The van der Waals surface area contributed by atoms with Crippen molar-refractivity contribution in [3.8, 4) is 0 Å². The molecule has 256 valence electrons. The number of rotatable bonds is 8. The minimum atomic E-state index is -1.17. The number of ether oxygens (including phenoxy) is 2. The zero-order valence-electron chi connectivity index (χ0n) is 26.0. The molecule has 0 aliphatic carbocycles. The molecule has 4 aromatic rings. The Kier molecular flexibility index (Phi) is 17.9. The van der Waals surface area contributed by atoms with E-state index < -0.39 is 17.9 Å². The minimum absolute atomic E-state index is 0. The van der Waals surface area contributed by atoms with Gasteiger partial charge in [-0.3, -0.25) is 4.79 Å². The highest BCUT2D eigenvalue weighted by Gasteiger charge is 2.20. The van der Waals surface area contributed by atoms with Gasteiger partial charge >= 0.3 is 17.9 Å². The molecule has 4 aromatic carbocycles. The highest BCUT2D eigenvalue weighted by molar-refractivity contribution is 6.40. The van der Waals surface area contributed by atoms with Crippen molar-refractivity contribution < 1.29 is 33.8 Å². The van der Waals surface area contributed by atoms with Crippen molar-refractivity contribution >= 4 is 70.1 Å². The number of esters is 2. The number of halogens is 4. The molecule has 0 saturated carbocycles. The molecule has 12 heteroatoms. The maximum Gasteiger partial charge on any atom is 0.340 e. The van der Waals surface area contributed by atoms with E-state index in [2.05, 4.69) is 28.5 Å². The Morgan fingerprint density at radius 3 is 1.42 bits per heavy atom. The van der Waals surface area contributed by atoms with Crippen molar-refractivity contribution in [2.75, 3.05) is 14.2 Å². The summed E-state index contributed by atoms with van der Waals surface area (Å²) in [5, 5.41) is 8.82. The van der Waals surface area contributed by atoms with Gasteiger partial charge in [-0.15, -0.1) is 0 Å². The Balaban J connectivity index is 0.000000395. The lowest BCUT2D eigenvalue weighted by Gasteiger charge is -2.08. The summed E-state index contributed by atoms with van der Waals surface area (Å²) >= 11 is 23.5. The van der Waals surface area contributed by atoms with Crippen LogP contribution in [0.4, 0.5) is 0 Å². The maximum absolute atomic E-state index is 12.3. The predicted molar refractivity (Wildman–Crippen MR) is 192 cm³/mol. The number of hydrogen-bond acceptors (Lipinski definition) is 7. The first-order chi connectivity index (χ1) is 22.2. The molecule has 0 heterocycles. The Hall–Kier alpha value is -3.92. The second-order valence-corrected chi connectivity index (χ2v) is 11.7. The lowest BCUT2D eigenvalue weighted by molar-refractivity contribution is 0.0592. The van der Waals surface area contributed by atoms with Crippen LogP contribution in [0.5, 0.6) is 0 Å². The summed E-state index contributed by atoms with van der Waals surface area (Å²) in [5.74, 6) is -2.58.